The maximum absolute atomic E-state index is 5.85. The van der Waals surface area contributed by atoms with Crippen molar-refractivity contribution in [2.45, 2.75) is 40.2 Å². The van der Waals surface area contributed by atoms with Crippen molar-refractivity contribution in [1.82, 2.24) is 0 Å². The molecule has 0 aromatic heterocycles. The van der Waals surface area contributed by atoms with E-state index in [9.17, 15) is 0 Å². The Morgan fingerprint density at radius 3 is 2.71 bits per heavy atom. The Labute approximate surface area is 104 Å². The summed E-state index contributed by atoms with van der Waals surface area (Å²) in [6.45, 7) is 8.87. The highest BCUT2D eigenvalue weighted by atomic mass is 16.5. The highest BCUT2D eigenvalue weighted by Gasteiger charge is 2.06. The summed E-state index contributed by atoms with van der Waals surface area (Å²) in [5.74, 6) is 0.949. The molecular formula is C15H23NO. The van der Waals surface area contributed by atoms with Crippen LogP contribution >= 0.6 is 0 Å². The van der Waals surface area contributed by atoms with Crippen LogP contribution in [0.1, 0.15) is 31.9 Å². The monoisotopic (exact) mass is 233 g/mol. The molecule has 0 fully saturated rings. The Balaban J connectivity index is 2.79. The third-order valence-electron chi connectivity index (χ3n) is 2.49. The van der Waals surface area contributed by atoms with E-state index >= 15 is 0 Å². The molecule has 0 aliphatic rings. The van der Waals surface area contributed by atoms with Gasteiger partial charge < -0.3 is 10.5 Å². The number of aryl methyl sites for hydroxylation is 1. The molecule has 0 aliphatic heterocycles. The van der Waals surface area contributed by atoms with E-state index in [0.717, 1.165) is 12.2 Å². The average Bonchev–Trinajstić information content (AvgIpc) is 2.20. The van der Waals surface area contributed by atoms with Crippen LogP contribution in [0.2, 0.25) is 0 Å². The second kappa shape index (κ2) is 6.45. The third kappa shape index (κ3) is 5.05. The van der Waals surface area contributed by atoms with Gasteiger partial charge in [-0.25, -0.2) is 0 Å². The van der Waals surface area contributed by atoms with Gasteiger partial charge in [-0.15, -0.1) is 0 Å². The lowest BCUT2D eigenvalue weighted by Crippen LogP contribution is -2.18. The fraction of sp³-hybridized carbons (Fsp3) is 0.467. The molecule has 1 atom stereocenters. The van der Waals surface area contributed by atoms with Crippen LogP contribution in [-0.4, -0.2) is 12.6 Å². The van der Waals surface area contributed by atoms with Crippen LogP contribution in [-0.2, 0) is 6.42 Å². The largest absolute Gasteiger partial charge is 0.489 e. The van der Waals surface area contributed by atoms with Crippen molar-refractivity contribution in [2.24, 2.45) is 5.73 Å². The zero-order valence-corrected chi connectivity index (χ0v) is 11.3. The zero-order valence-electron chi connectivity index (χ0n) is 11.3. The molecule has 0 bridgehead atoms. The summed E-state index contributed by atoms with van der Waals surface area (Å²) in [5, 5.41) is 0. The molecule has 94 valence electrons. The van der Waals surface area contributed by atoms with Gasteiger partial charge in [-0.05, 0) is 51.8 Å². The summed E-state index contributed by atoms with van der Waals surface area (Å²) < 4.78 is 5.77. The van der Waals surface area contributed by atoms with Gasteiger partial charge in [0.1, 0.15) is 12.4 Å². The van der Waals surface area contributed by atoms with Crippen molar-refractivity contribution < 1.29 is 4.74 Å². The lowest BCUT2D eigenvalue weighted by molar-refractivity contribution is 0.357. The Bertz CT molecular complexity index is 390. The van der Waals surface area contributed by atoms with Gasteiger partial charge >= 0.3 is 0 Å². The van der Waals surface area contributed by atoms with Crippen molar-refractivity contribution in [2.75, 3.05) is 6.61 Å². The Morgan fingerprint density at radius 2 is 2.12 bits per heavy atom. The Kier molecular flexibility index (Phi) is 5.23. The summed E-state index contributed by atoms with van der Waals surface area (Å²) in [6, 6.07) is 6.41. The molecule has 2 nitrogen and oxygen atoms in total. The standard InChI is InChI=1S/C15H23NO/c1-11(2)7-8-17-15-6-5-12(3)9-14(15)10-13(4)16/h5-7,9,13H,8,10,16H2,1-4H3. The van der Waals surface area contributed by atoms with E-state index in [1.54, 1.807) is 0 Å². The number of hydrogen-bond acceptors (Lipinski definition) is 2. The molecule has 0 saturated carbocycles. The average molecular weight is 233 g/mol. The molecule has 2 N–H and O–H groups in total. The minimum absolute atomic E-state index is 0.155. The van der Waals surface area contributed by atoms with Crippen LogP contribution in [0, 0.1) is 6.92 Å². The maximum Gasteiger partial charge on any atom is 0.123 e. The van der Waals surface area contributed by atoms with E-state index in [-0.39, 0.29) is 6.04 Å². The smallest absolute Gasteiger partial charge is 0.123 e. The van der Waals surface area contributed by atoms with Crippen molar-refractivity contribution in [3.63, 3.8) is 0 Å². The predicted molar refractivity (Wildman–Crippen MR) is 73.5 cm³/mol. The van der Waals surface area contributed by atoms with Gasteiger partial charge in [0.05, 0.1) is 0 Å². The molecule has 2 heteroatoms. The van der Waals surface area contributed by atoms with E-state index < -0.39 is 0 Å². The quantitative estimate of drug-likeness (QED) is 0.792. The predicted octanol–water partition coefficient (Wildman–Crippen LogP) is 3.23. The van der Waals surface area contributed by atoms with Gasteiger partial charge in [0, 0.05) is 6.04 Å². The van der Waals surface area contributed by atoms with E-state index in [1.165, 1.54) is 16.7 Å². The van der Waals surface area contributed by atoms with Crippen molar-refractivity contribution in [3.8, 4) is 5.75 Å². The van der Waals surface area contributed by atoms with Crippen LogP contribution in [0.15, 0.2) is 29.8 Å². The number of rotatable bonds is 5. The molecule has 0 radical (unpaired) electrons. The first-order chi connectivity index (χ1) is 7.99. The molecule has 0 aliphatic carbocycles. The first-order valence-electron chi connectivity index (χ1n) is 6.10. The van der Waals surface area contributed by atoms with Crippen LogP contribution in [0.4, 0.5) is 0 Å². The van der Waals surface area contributed by atoms with Crippen LogP contribution in [0.25, 0.3) is 0 Å². The highest BCUT2D eigenvalue weighted by Crippen LogP contribution is 2.21. The third-order valence-corrected chi connectivity index (χ3v) is 2.49. The SMILES string of the molecule is CC(C)=CCOc1ccc(C)cc1CC(C)N. The van der Waals surface area contributed by atoms with Crippen LogP contribution < -0.4 is 10.5 Å². The van der Waals surface area contributed by atoms with Crippen LogP contribution in [0.5, 0.6) is 5.75 Å². The van der Waals surface area contributed by atoms with Crippen molar-refractivity contribution in [1.29, 1.82) is 0 Å². The topological polar surface area (TPSA) is 35.2 Å². The molecule has 0 saturated heterocycles. The first kappa shape index (κ1) is 13.8. The normalized spacial score (nSPS) is 12.1. The fourth-order valence-electron chi connectivity index (χ4n) is 1.65. The second-order valence-electron chi connectivity index (χ2n) is 4.89. The van der Waals surface area contributed by atoms with Gasteiger partial charge in [0.2, 0.25) is 0 Å². The summed E-state index contributed by atoms with van der Waals surface area (Å²) in [6.07, 6.45) is 2.93. The summed E-state index contributed by atoms with van der Waals surface area (Å²) in [5.41, 5.74) is 9.56. The van der Waals surface area contributed by atoms with Gasteiger partial charge in [-0.2, -0.15) is 0 Å². The number of benzene rings is 1. The second-order valence-corrected chi connectivity index (χ2v) is 4.89. The lowest BCUT2D eigenvalue weighted by Gasteiger charge is -2.13. The number of ether oxygens (including phenoxy) is 1. The van der Waals surface area contributed by atoms with Crippen LogP contribution in [0.3, 0.4) is 0 Å². The summed E-state index contributed by atoms with van der Waals surface area (Å²) in [7, 11) is 0. The lowest BCUT2D eigenvalue weighted by atomic mass is 10.0. The molecule has 0 heterocycles. The highest BCUT2D eigenvalue weighted by molar-refractivity contribution is 5.37. The van der Waals surface area contributed by atoms with Crippen molar-refractivity contribution >= 4 is 0 Å². The van der Waals surface area contributed by atoms with E-state index in [0.29, 0.717) is 6.61 Å². The molecule has 1 rings (SSSR count). The zero-order chi connectivity index (χ0) is 12.8. The molecule has 0 amide bonds. The number of allylic oxidation sites excluding steroid dienone is 1. The fourth-order valence-corrected chi connectivity index (χ4v) is 1.65. The molecule has 1 unspecified atom stereocenters. The minimum atomic E-state index is 0.155. The van der Waals surface area contributed by atoms with E-state index in [2.05, 4.69) is 39.0 Å². The molecule has 0 spiro atoms. The number of nitrogens with two attached hydrogens (primary N) is 1. The summed E-state index contributed by atoms with van der Waals surface area (Å²) >= 11 is 0. The van der Waals surface area contributed by atoms with Gasteiger partial charge in [0.15, 0.2) is 0 Å². The molecular weight excluding hydrogens is 210 g/mol. The Hall–Kier alpha value is -1.28. The molecule has 17 heavy (non-hydrogen) atoms. The Morgan fingerprint density at radius 1 is 1.41 bits per heavy atom. The van der Waals surface area contributed by atoms with Gasteiger partial charge in [-0.1, -0.05) is 23.3 Å². The summed E-state index contributed by atoms with van der Waals surface area (Å²) in [4.78, 5) is 0. The first-order valence-corrected chi connectivity index (χ1v) is 6.10. The molecule has 1 aromatic rings. The maximum atomic E-state index is 5.85. The molecule has 1 aromatic carbocycles. The minimum Gasteiger partial charge on any atom is -0.489 e. The van der Waals surface area contributed by atoms with Gasteiger partial charge in [0.25, 0.3) is 0 Å². The van der Waals surface area contributed by atoms with E-state index in [1.807, 2.05) is 13.0 Å². The number of hydrogen-bond donors (Lipinski definition) is 1. The van der Waals surface area contributed by atoms with E-state index in [4.69, 9.17) is 10.5 Å². The van der Waals surface area contributed by atoms with Gasteiger partial charge in [-0.3, -0.25) is 0 Å². The van der Waals surface area contributed by atoms with Crippen molar-refractivity contribution in [3.05, 3.63) is 41.0 Å².